The number of nitrogens with zero attached hydrogens (tertiary/aromatic N) is 3. The summed E-state index contributed by atoms with van der Waals surface area (Å²) in [5.74, 6) is -3.84. The van der Waals surface area contributed by atoms with E-state index in [1.165, 1.54) is 7.11 Å². The minimum atomic E-state index is -1.24. The molecule has 0 bridgehead atoms. The molecule has 1 N–H and O–H groups in total. The van der Waals surface area contributed by atoms with Crippen LogP contribution in [0.5, 0.6) is 0 Å². The zero-order valence-corrected chi connectivity index (χ0v) is 23.5. The van der Waals surface area contributed by atoms with Gasteiger partial charge in [0.15, 0.2) is 0 Å². The molecule has 1 atom stereocenters. The minimum Gasteiger partial charge on any atom is -0.467 e. The second kappa shape index (κ2) is 12.5. The molecule has 0 spiro atoms. The Labute approximate surface area is 246 Å². The van der Waals surface area contributed by atoms with Gasteiger partial charge in [-0.15, -0.1) is 0 Å². The normalized spacial score (nSPS) is 13.8. The van der Waals surface area contributed by atoms with Crippen molar-refractivity contribution >= 4 is 40.1 Å². The number of benzene rings is 3. The van der Waals surface area contributed by atoms with Gasteiger partial charge in [-0.25, -0.2) is 13.6 Å². The van der Waals surface area contributed by atoms with E-state index in [-0.39, 0.29) is 6.42 Å². The number of methoxy groups -OCH3 is 1. The van der Waals surface area contributed by atoms with Gasteiger partial charge < -0.3 is 15.0 Å². The summed E-state index contributed by atoms with van der Waals surface area (Å²) in [5, 5.41) is 12.7. The molecule has 3 aromatic carbocycles. The van der Waals surface area contributed by atoms with Gasteiger partial charge in [0.05, 0.1) is 24.3 Å². The summed E-state index contributed by atoms with van der Waals surface area (Å²) in [4.78, 5) is 32.3. The van der Waals surface area contributed by atoms with Crippen molar-refractivity contribution in [2.24, 2.45) is 0 Å². The molecule has 10 heteroatoms. The predicted octanol–water partition coefficient (Wildman–Crippen LogP) is 6.21. The molecule has 1 saturated heterocycles. The average molecular weight is 589 g/mol. The molecule has 1 aliphatic heterocycles. The van der Waals surface area contributed by atoms with E-state index in [4.69, 9.17) is 16.3 Å². The molecule has 0 aliphatic carbocycles. The lowest BCUT2D eigenvalue weighted by Crippen LogP contribution is -2.43. The Bertz CT molecular complexity index is 1690. The SMILES string of the molecule is COC(=O)[C@H](Cc1ccc(-c2ccc(C#N)cc2Cl)c2ncccc12)NC(=O)c1c(F)cc(N2CCCCC2)cc1F. The number of esters is 1. The number of hydrogen-bond donors (Lipinski definition) is 1. The number of anilines is 1. The van der Waals surface area contributed by atoms with Crippen molar-refractivity contribution in [3.63, 3.8) is 0 Å². The molecule has 1 amide bonds. The predicted molar refractivity (Wildman–Crippen MR) is 156 cm³/mol. The number of carbonyl (C=O) groups is 2. The summed E-state index contributed by atoms with van der Waals surface area (Å²) in [6.45, 7) is 1.38. The van der Waals surface area contributed by atoms with Crippen LogP contribution < -0.4 is 10.2 Å². The van der Waals surface area contributed by atoms with Crippen LogP contribution in [0.2, 0.25) is 5.02 Å². The third kappa shape index (κ3) is 5.90. The summed E-state index contributed by atoms with van der Waals surface area (Å²) in [5.41, 5.74) is 2.64. The fourth-order valence-corrected chi connectivity index (χ4v) is 5.61. The quantitative estimate of drug-likeness (QED) is 0.258. The van der Waals surface area contributed by atoms with Crippen LogP contribution in [0.3, 0.4) is 0 Å². The molecule has 42 heavy (non-hydrogen) atoms. The van der Waals surface area contributed by atoms with Crippen LogP contribution in [0.4, 0.5) is 14.5 Å². The summed E-state index contributed by atoms with van der Waals surface area (Å²) in [7, 11) is 1.17. The van der Waals surface area contributed by atoms with Crippen LogP contribution >= 0.6 is 11.6 Å². The van der Waals surface area contributed by atoms with Crippen LogP contribution in [-0.2, 0) is 16.0 Å². The van der Waals surface area contributed by atoms with Crippen LogP contribution in [0.1, 0.15) is 40.7 Å². The number of aromatic nitrogens is 1. The lowest BCUT2D eigenvalue weighted by molar-refractivity contribution is -0.142. The number of nitrogens with one attached hydrogen (secondary N) is 1. The highest BCUT2D eigenvalue weighted by atomic mass is 35.5. The van der Waals surface area contributed by atoms with Crippen molar-refractivity contribution in [2.75, 3.05) is 25.1 Å². The van der Waals surface area contributed by atoms with Crippen LogP contribution in [0.25, 0.3) is 22.0 Å². The summed E-state index contributed by atoms with van der Waals surface area (Å²) >= 11 is 6.47. The highest BCUT2D eigenvalue weighted by molar-refractivity contribution is 6.33. The van der Waals surface area contributed by atoms with Gasteiger partial charge in [-0.05, 0) is 55.2 Å². The van der Waals surface area contributed by atoms with Crippen molar-refractivity contribution in [1.29, 1.82) is 5.26 Å². The lowest BCUT2D eigenvalue weighted by atomic mass is 9.94. The molecule has 1 aliphatic rings. The first-order valence-electron chi connectivity index (χ1n) is 13.5. The van der Waals surface area contributed by atoms with E-state index in [9.17, 15) is 14.9 Å². The van der Waals surface area contributed by atoms with Gasteiger partial charge in [-0.2, -0.15) is 5.26 Å². The minimum absolute atomic E-state index is 0.0307. The number of pyridine rings is 1. The molecule has 2 heterocycles. The number of carbonyl (C=O) groups excluding carboxylic acids is 2. The first kappa shape index (κ1) is 29.0. The molecular weight excluding hydrogens is 562 g/mol. The molecular formula is C32H27ClF2N4O3. The van der Waals surface area contributed by atoms with Crippen molar-refractivity contribution in [2.45, 2.75) is 31.7 Å². The standard InChI is InChI=1S/C32H27ClF2N4O3/c1-42-32(41)28(38-31(40)29-26(34)16-21(17-27(29)35)39-12-3-2-4-13-39)15-20-8-10-24(30-22(20)6-5-11-37-30)23-9-7-19(18-36)14-25(23)33/h5-11,14,16-17,28H,2-4,12-13,15H2,1H3,(H,38,40)/t28-/m0/s1. The maximum absolute atomic E-state index is 15.1. The van der Waals surface area contributed by atoms with E-state index < -0.39 is 35.1 Å². The molecule has 1 aromatic heterocycles. The van der Waals surface area contributed by atoms with Gasteiger partial charge in [-0.1, -0.05) is 35.9 Å². The molecule has 4 aromatic rings. The summed E-state index contributed by atoms with van der Waals surface area (Å²) in [6.07, 6.45) is 4.51. The average Bonchev–Trinajstić information content (AvgIpc) is 3.00. The molecule has 0 saturated carbocycles. The fourth-order valence-electron chi connectivity index (χ4n) is 5.33. The van der Waals surface area contributed by atoms with E-state index >= 15 is 8.78 Å². The topological polar surface area (TPSA) is 95.3 Å². The number of rotatable bonds is 7. The monoisotopic (exact) mass is 588 g/mol. The molecule has 0 radical (unpaired) electrons. The number of fused-ring (bicyclic) bond motifs is 1. The van der Waals surface area contributed by atoms with Crippen LogP contribution in [0, 0.1) is 23.0 Å². The van der Waals surface area contributed by atoms with Gasteiger partial charge >= 0.3 is 5.97 Å². The highest BCUT2D eigenvalue weighted by Crippen LogP contribution is 2.35. The van der Waals surface area contributed by atoms with E-state index in [1.54, 1.807) is 42.6 Å². The number of piperidine rings is 1. The third-order valence-corrected chi connectivity index (χ3v) is 7.75. The van der Waals surface area contributed by atoms with Crippen molar-refractivity contribution < 1.29 is 23.1 Å². The Morgan fingerprint density at radius 3 is 2.45 bits per heavy atom. The Morgan fingerprint density at radius 2 is 1.79 bits per heavy atom. The lowest BCUT2D eigenvalue weighted by Gasteiger charge is -2.29. The smallest absolute Gasteiger partial charge is 0.328 e. The van der Waals surface area contributed by atoms with Gasteiger partial charge in [0.2, 0.25) is 0 Å². The number of ether oxygens (including phenoxy) is 1. The third-order valence-electron chi connectivity index (χ3n) is 7.44. The molecule has 214 valence electrons. The fraction of sp³-hybridized carbons (Fsp3) is 0.250. The zero-order chi connectivity index (χ0) is 29.8. The van der Waals surface area contributed by atoms with E-state index in [0.29, 0.717) is 57.0 Å². The number of amides is 1. The Kier molecular flexibility index (Phi) is 8.64. The van der Waals surface area contributed by atoms with E-state index in [1.807, 2.05) is 11.0 Å². The van der Waals surface area contributed by atoms with Gasteiger partial charge in [0, 0.05) is 52.9 Å². The van der Waals surface area contributed by atoms with Gasteiger partial charge in [0.1, 0.15) is 23.2 Å². The maximum Gasteiger partial charge on any atom is 0.328 e. The molecule has 5 rings (SSSR count). The first-order valence-corrected chi connectivity index (χ1v) is 13.9. The summed E-state index contributed by atoms with van der Waals surface area (Å²) < 4.78 is 35.1. The Hall–Kier alpha value is -4.55. The van der Waals surface area contributed by atoms with E-state index in [2.05, 4.69) is 16.4 Å². The van der Waals surface area contributed by atoms with E-state index in [0.717, 1.165) is 31.4 Å². The maximum atomic E-state index is 15.1. The van der Waals surface area contributed by atoms with Crippen molar-refractivity contribution in [3.05, 3.63) is 94.1 Å². The molecule has 0 unspecified atom stereocenters. The summed E-state index contributed by atoms with van der Waals surface area (Å²) in [6, 6.07) is 15.2. The van der Waals surface area contributed by atoms with Crippen LogP contribution in [-0.4, -0.2) is 43.1 Å². The zero-order valence-electron chi connectivity index (χ0n) is 22.8. The van der Waals surface area contributed by atoms with Gasteiger partial charge in [-0.3, -0.25) is 9.78 Å². The van der Waals surface area contributed by atoms with Crippen molar-refractivity contribution in [3.8, 4) is 17.2 Å². The number of halogens is 3. The molecule has 1 fully saturated rings. The van der Waals surface area contributed by atoms with Crippen molar-refractivity contribution in [1.82, 2.24) is 10.3 Å². The molecule has 7 nitrogen and oxygen atoms in total. The largest absolute Gasteiger partial charge is 0.467 e. The second-order valence-electron chi connectivity index (χ2n) is 10.1. The Morgan fingerprint density at radius 1 is 1.07 bits per heavy atom. The second-order valence-corrected chi connectivity index (χ2v) is 10.5. The van der Waals surface area contributed by atoms with Gasteiger partial charge in [0.25, 0.3) is 5.91 Å². The number of nitriles is 1. The van der Waals surface area contributed by atoms with Crippen LogP contribution in [0.15, 0.2) is 60.8 Å². The highest BCUT2D eigenvalue weighted by Gasteiger charge is 2.28. The Balaban J connectivity index is 1.44. The number of hydrogen-bond acceptors (Lipinski definition) is 6. The first-order chi connectivity index (χ1) is 20.3.